The molecule has 4 heteroatoms. The van der Waals surface area contributed by atoms with Gasteiger partial charge in [-0.25, -0.2) is 9.97 Å². The highest BCUT2D eigenvalue weighted by Crippen LogP contribution is 2.32. The first-order chi connectivity index (χ1) is 9.16. The number of rotatable bonds is 2. The van der Waals surface area contributed by atoms with Crippen molar-refractivity contribution in [3.63, 3.8) is 0 Å². The van der Waals surface area contributed by atoms with Crippen LogP contribution in [-0.2, 0) is 6.42 Å². The normalized spacial score (nSPS) is 21.2. The molecule has 1 aromatic heterocycles. The highest BCUT2D eigenvalue weighted by molar-refractivity contribution is 5.37. The van der Waals surface area contributed by atoms with Crippen LogP contribution in [0.4, 0.5) is 0 Å². The smallest absolute Gasteiger partial charge is 0.219 e. The van der Waals surface area contributed by atoms with Crippen LogP contribution in [0.25, 0.3) is 0 Å². The summed E-state index contributed by atoms with van der Waals surface area (Å²) in [6.07, 6.45) is 2.32. The van der Waals surface area contributed by atoms with Crippen LogP contribution in [0.3, 0.4) is 0 Å². The predicted molar refractivity (Wildman–Crippen MR) is 73.0 cm³/mol. The van der Waals surface area contributed by atoms with Crippen molar-refractivity contribution in [1.29, 1.82) is 0 Å². The first-order valence-electron chi connectivity index (χ1n) is 6.45. The van der Waals surface area contributed by atoms with E-state index in [2.05, 4.69) is 22.1 Å². The van der Waals surface area contributed by atoms with Crippen LogP contribution >= 0.6 is 0 Å². The van der Waals surface area contributed by atoms with Crippen LogP contribution in [0, 0.1) is 13.8 Å². The van der Waals surface area contributed by atoms with Gasteiger partial charge in [0.05, 0.1) is 6.04 Å². The molecule has 2 atom stereocenters. The zero-order valence-electron chi connectivity index (χ0n) is 11.1. The van der Waals surface area contributed by atoms with Gasteiger partial charge in [-0.3, -0.25) is 0 Å². The second-order valence-corrected chi connectivity index (χ2v) is 4.97. The second kappa shape index (κ2) is 4.63. The van der Waals surface area contributed by atoms with E-state index in [1.165, 1.54) is 17.5 Å². The minimum atomic E-state index is -0.0918. The molecular formula is C15H17N3O. The third kappa shape index (κ3) is 2.08. The topological polar surface area (TPSA) is 61.0 Å². The summed E-state index contributed by atoms with van der Waals surface area (Å²) in [6, 6.07) is 8.14. The highest BCUT2D eigenvalue weighted by atomic mass is 16.5. The van der Waals surface area contributed by atoms with Crippen molar-refractivity contribution in [1.82, 2.24) is 9.97 Å². The van der Waals surface area contributed by atoms with Crippen molar-refractivity contribution in [2.24, 2.45) is 5.73 Å². The molecule has 3 rings (SSSR count). The van der Waals surface area contributed by atoms with E-state index in [4.69, 9.17) is 10.5 Å². The Morgan fingerprint density at radius 3 is 2.79 bits per heavy atom. The molecule has 1 aliphatic rings. The summed E-state index contributed by atoms with van der Waals surface area (Å²) in [7, 11) is 0. The van der Waals surface area contributed by atoms with Crippen molar-refractivity contribution in [3.05, 3.63) is 53.0 Å². The number of aromatic nitrogens is 2. The maximum Gasteiger partial charge on any atom is 0.219 e. The number of nitrogens with two attached hydrogens (primary N) is 1. The average Bonchev–Trinajstić information content (AvgIpc) is 2.73. The molecule has 1 aromatic carbocycles. The van der Waals surface area contributed by atoms with Gasteiger partial charge < -0.3 is 10.5 Å². The molecular weight excluding hydrogens is 238 g/mol. The number of aryl methyl sites for hydroxylation is 1. The summed E-state index contributed by atoms with van der Waals surface area (Å²) in [5.41, 5.74) is 10.6. The average molecular weight is 255 g/mol. The molecule has 19 heavy (non-hydrogen) atoms. The fourth-order valence-electron chi connectivity index (χ4n) is 2.48. The Hall–Kier alpha value is -1.94. The Labute approximate surface area is 112 Å². The summed E-state index contributed by atoms with van der Waals surface area (Å²) in [5.74, 6) is 0.640. The van der Waals surface area contributed by atoms with Crippen molar-refractivity contribution in [3.8, 4) is 5.88 Å². The summed E-state index contributed by atoms with van der Waals surface area (Å²) < 4.78 is 6.01. The molecule has 2 N–H and O–H groups in total. The van der Waals surface area contributed by atoms with Gasteiger partial charge in [0.25, 0.3) is 0 Å². The van der Waals surface area contributed by atoms with Gasteiger partial charge in [0.2, 0.25) is 5.88 Å². The summed E-state index contributed by atoms with van der Waals surface area (Å²) in [4.78, 5) is 8.36. The van der Waals surface area contributed by atoms with Crippen molar-refractivity contribution >= 4 is 0 Å². The number of hydrogen-bond acceptors (Lipinski definition) is 4. The molecule has 98 valence electrons. The molecule has 2 unspecified atom stereocenters. The van der Waals surface area contributed by atoms with Crippen molar-refractivity contribution in [2.45, 2.75) is 32.4 Å². The lowest BCUT2D eigenvalue weighted by Gasteiger charge is -2.19. The minimum Gasteiger partial charge on any atom is -0.472 e. The maximum atomic E-state index is 6.26. The lowest BCUT2D eigenvalue weighted by molar-refractivity contribution is 0.175. The fraction of sp³-hybridized carbons (Fsp3) is 0.333. The molecule has 4 nitrogen and oxygen atoms in total. The first-order valence-corrected chi connectivity index (χ1v) is 6.45. The van der Waals surface area contributed by atoms with Gasteiger partial charge in [0, 0.05) is 17.7 Å². The molecule has 0 radical (unpaired) electrons. The molecule has 0 saturated carbocycles. The van der Waals surface area contributed by atoms with Crippen LogP contribution in [0.1, 0.15) is 28.4 Å². The number of benzene rings is 1. The van der Waals surface area contributed by atoms with Crippen LogP contribution in [0.2, 0.25) is 0 Å². The van der Waals surface area contributed by atoms with Gasteiger partial charge in [-0.15, -0.1) is 0 Å². The maximum absolute atomic E-state index is 6.26. The van der Waals surface area contributed by atoms with Crippen LogP contribution in [0.5, 0.6) is 5.88 Å². The lowest BCUT2D eigenvalue weighted by atomic mass is 10.1. The van der Waals surface area contributed by atoms with Crippen LogP contribution in [-0.4, -0.2) is 16.1 Å². The predicted octanol–water partition coefficient (Wildman–Crippen LogP) is 2.10. The first kappa shape index (κ1) is 12.1. The molecule has 0 aliphatic heterocycles. The molecule has 0 amide bonds. The number of ether oxygens (including phenoxy) is 1. The third-order valence-corrected chi connectivity index (χ3v) is 3.79. The monoisotopic (exact) mass is 255 g/mol. The van der Waals surface area contributed by atoms with E-state index < -0.39 is 0 Å². The van der Waals surface area contributed by atoms with E-state index in [0.29, 0.717) is 5.88 Å². The van der Waals surface area contributed by atoms with E-state index in [1.54, 1.807) is 0 Å². The highest BCUT2D eigenvalue weighted by Gasteiger charge is 2.31. The molecule has 0 fully saturated rings. The van der Waals surface area contributed by atoms with E-state index >= 15 is 0 Å². The van der Waals surface area contributed by atoms with Gasteiger partial charge in [0.15, 0.2) is 0 Å². The Morgan fingerprint density at radius 1 is 1.21 bits per heavy atom. The Bertz CT molecular complexity index is 612. The van der Waals surface area contributed by atoms with Crippen LogP contribution in [0.15, 0.2) is 30.6 Å². The number of hydrogen-bond donors (Lipinski definition) is 1. The Balaban J connectivity index is 1.85. The molecule has 0 bridgehead atoms. The largest absolute Gasteiger partial charge is 0.472 e. The van der Waals surface area contributed by atoms with Gasteiger partial charge in [-0.2, -0.15) is 0 Å². The molecule has 0 spiro atoms. The summed E-state index contributed by atoms with van der Waals surface area (Å²) in [5, 5.41) is 0. The van der Waals surface area contributed by atoms with E-state index in [0.717, 1.165) is 17.7 Å². The van der Waals surface area contributed by atoms with Gasteiger partial charge in [-0.05, 0) is 25.0 Å². The summed E-state index contributed by atoms with van der Waals surface area (Å²) >= 11 is 0. The second-order valence-electron chi connectivity index (χ2n) is 4.97. The van der Waals surface area contributed by atoms with Gasteiger partial charge in [-0.1, -0.05) is 24.3 Å². The van der Waals surface area contributed by atoms with E-state index in [1.807, 2.05) is 26.0 Å². The van der Waals surface area contributed by atoms with Gasteiger partial charge in [0.1, 0.15) is 12.4 Å². The number of nitrogens with zero attached hydrogens (tertiary/aromatic N) is 2. The molecule has 0 saturated heterocycles. The van der Waals surface area contributed by atoms with Crippen molar-refractivity contribution in [2.75, 3.05) is 0 Å². The zero-order chi connectivity index (χ0) is 13.4. The third-order valence-electron chi connectivity index (χ3n) is 3.79. The molecule has 1 aliphatic carbocycles. The van der Waals surface area contributed by atoms with Crippen molar-refractivity contribution < 1.29 is 4.74 Å². The summed E-state index contributed by atoms with van der Waals surface area (Å²) in [6.45, 7) is 3.92. The lowest BCUT2D eigenvalue weighted by Crippen LogP contribution is -2.28. The standard InChI is InChI=1S/C15H17N3O/c1-9-10(2)17-8-18-15(9)19-13-7-11-5-3-4-6-12(11)14(13)16/h3-6,8,13-14H,7,16H2,1-2H3. The molecule has 2 aromatic rings. The van der Waals surface area contributed by atoms with Crippen LogP contribution < -0.4 is 10.5 Å². The SMILES string of the molecule is Cc1ncnc(OC2Cc3ccccc3C2N)c1C. The van der Waals surface area contributed by atoms with Gasteiger partial charge >= 0.3 is 0 Å². The Kier molecular flexibility index (Phi) is 2.95. The molecule has 1 heterocycles. The fourth-order valence-corrected chi connectivity index (χ4v) is 2.48. The zero-order valence-corrected chi connectivity index (χ0v) is 11.1. The van der Waals surface area contributed by atoms with E-state index in [-0.39, 0.29) is 12.1 Å². The number of fused-ring (bicyclic) bond motifs is 1. The minimum absolute atomic E-state index is 0.0506. The Morgan fingerprint density at radius 2 is 2.00 bits per heavy atom. The quantitative estimate of drug-likeness (QED) is 0.892. The van der Waals surface area contributed by atoms with E-state index in [9.17, 15) is 0 Å².